The first-order chi connectivity index (χ1) is 10.1. The van der Waals surface area contributed by atoms with E-state index < -0.39 is 0 Å². The van der Waals surface area contributed by atoms with Gasteiger partial charge in [0.1, 0.15) is 0 Å². The van der Waals surface area contributed by atoms with Crippen molar-refractivity contribution in [2.24, 2.45) is 0 Å². The molecule has 3 unspecified atom stereocenters. The fourth-order valence-corrected chi connectivity index (χ4v) is 3.15. The smallest absolute Gasteiger partial charge is 0.0953 e. The van der Waals surface area contributed by atoms with Gasteiger partial charge in [0.05, 0.1) is 24.4 Å². The summed E-state index contributed by atoms with van der Waals surface area (Å²) in [5.41, 5.74) is 1.23. The van der Waals surface area contributed by atoms with E-state index in [4.69, 9.17) is 9.47 Å². The molecule has 0 bridgehead atoms. The molecule has 4 heteroatoms. The van der Waals surface area contributed by atoms with Gasteiger partial charge in [-0.25, -0.2) is 0 Å². The van der Waals surface area contributed by atoms with Crippen LogP contribution in [-0.4, -0.2) is 31.4 Å². The van der Waals surface area contributed by atoms with Crippen LogP contribution in [0.4, 0.5) is 0 Å². The first kappa shape index (κ1) is 16.9. The lowest BCUT2D eigenvalue weighted by Crippen LogP contribution is -2.36. The summed E-state index contributed by atoms with van der Waals surface area (Å²) >= 11 is 3.49. The summed E-state index contributed by atoms with van der Waals surface area (Å²) in [6, 6.07) is 8.43. The Kier molecular flexibility index (Phi) is 6.68. The van der Waals surface area contributed by atoms with E-state index in [1.165, 1.54) is 5.56 Å². The molecule has 1 saturated heterocycles. The van der Waals surface area contributed by atoms with Crippen molar-refractivity contribution in [2.75, 3.05) is 13.1 Å². The molecule has 1 N–H and O–H groups in total. The molecular formula is C17H26BrNO2. The third kappa shape index (κ3) is 5.37. The van der Waals surface area contributed by atoms with Crippen LogP contribution in [0.15, 0.2) is 28.7 Å². The van der Waals surface area contributed by atoms with Gasteiger partial charge in [0, 0.05) is 11.0 Å². The standard InChI is InChI=1S/C17H26BrNO2/c1-4-19-11-17(14-5-7-15(18)8-6-14)21-16-9-12(2)20-13(3)10-16/h5-8,12-13,16-17,19H,4,9-11H2,1-3H3. The normalized spacial score (nSPS) is 27.5. The lowest BCUT2D eigenvalue weighted by molar-refractivity contribution is -0.122. The summed E-state index contributed by atoms with van der Waals surface area (Å²) in [5, 5.41) is 3.41. The third-order valence-corrected chi connectivity index (χ3v) is 4.36. The molecule has 1 aliphatic rings. The van der Waals surface area contributed by atoms with Crippen LogP contribution in [0.25, 0.3) is 0 Å². The molecular weight excluding hydrogens is 330 g/mol. The van der Waals surface area contributed by atoms with Gasteiger partial charge in [0.2, 0.25) is 0 Å². The number of nitrogens with one attached hydrogen (secondary N) is 1. The van der Waals surface area contributed by atoms with E-state index in [2.05, 4.69) is 66.3 Å². The highest BCUT2D eigenvalue weighted by molar-refractivity contribution is 9.10. The molecule has 0 spiro atoms. The predicted octanol–water partition coefficient (Wildman–Crippen LogP) is 4.07. The number of benzene rings is 1. The van der Waals surface area contributed by atoms with Crippen molar-refractivity contribution in [3.8, 4) is 0 Å². The van der Waals surface area contributed by atoms with Gasteiger partial charge in [-0.1, -0.05) is 35.0 Å². The van der Waals surface area contributed by atoms with Crippen LogP contribution in [0, 0.1) is 0 Å². The molecule has 1 heterocycles. The molecule has 0 saturated carbocycles. The quantitative estimate of drug-likeness (QED) is 0.833. The van der Waals surface area contributed by atoms with Crippen LogP contribution in [0.2, 0.25) is 0 Å². The number of rotatable bonds is 6. The zero-order valence-corrected chi connectivity index (χ0v) is 14.7. The number of likely N-dealkylation sites (N-methyl/N-ethyl adjacent to an activating group) is 1. The topological polar surface area (TPSA) is 30.5 Å². The maximum absolute atomic E-state index is 6.40. The van der Waals surface area contributed by atoms with E-state index in [1.54, 1.807) is 0 Å². The molecule has 21 heavy (non-hydrogen) atoms. The molecule has 1 aromatic carbocycles. The molecule has 0 amide bonds. The highest BCUT2D eigenvalue weighted by Gasteiger charge is 2.27. The van der Waals surface area contributed by atoms with Crippen molar-refractivity contribution in [2.45, 2.75) is 58.0 Å². The Morgan fingerprint density at radius 2 is 1.86 bits per heavy atom. The van der Waals surface area contributed by atoms with E-state index in [-0.39, 0.29) is 24.4 Å². The van der Waals surface area contributed by atoms with Crippen LogP contribution >= 0.6 is 15.9 Å². The maximum Gasteiger partial charge on any atom is 0.0953 e. The van der Waals surface area contributed by atoms with Crippen molar-refractivity contribution >= 4 is 15.9 Å². The largest absolute Gasteiger partial charge is 0.375 e. The summed E-state index contributed by atoms with van der Waals surface area (Å²) in [6.45, 7) is 8.18. The van der Waals surface area contributed by atoms with Crippen molar-refractivity contribution in [3.05, 3.63) is 34.3 Å². The Labute approximate surface area is 136 Å². The maximum atomic E-state index is 6.40. The van der Waals surface area contributed by atoms with Crippen LogP contribution in [0.1, 0.15) is 45.3 Å². The zero-order chi connectivity index (χ0) is 15.2. The van der Waals surface area contributed by atoms with Gasteiger partial charge >= 0.3 is 0 Å². The Morgan fingerprint density at radius 3 is 2.43 bits per heavy atom. The van der Waals surface area contributed by atoms with Crippen molar-refractivity contribution in [1.29, 1.82) is 0 Å². The first-order valence-corrected chi connectivity index (χ1v) is 8.64. The molecule has 1 aliphatic heterocycles. The minimum atomic E-state index is 0.0977. The number of halogens is 1. The minimum Gasteiger partial charge on any atom is -0.375 e. The lowest BCUT2D eigenvalue weighted by Gasteiger charge is -2.34. The second-order valence-corrected chi connectivity index (χ2v) is 6.75. The van der Waals surface area contributed by atoms with Gasteiger partial charge < -0.3 is 14.8 Å². The second-order valence-electron chi connectivity index (χ2n) is 5.83. The fourth-order valence-electron chi connectivity index (χ4n) is 2.89. The van der Waals surface area contributed by atoms with Crippen molar-refractivity contribution in [1.82, 2.24) is 5.32 Å². The van der Waals surface area contributed by atoms with E-state index in [1.807, 2.05) is 0 Å². The summed E-state index contributed by atoms with van der Waals surface area (Å²) in [6.07, 6.45) is 2.89. The van der Waals surface area contributed by atoms with Crippen LogP contribution < -0.4 is 5.32 Å². The summed E-state index contributed by atoms with van der Waals surface area (Å²) in [4.78, 5) is 0. The molecule has 3 nitrogen and oxygen atoms in total. The number of hydrogen-bond acceptors (Lipinski definition) is 3. The lowest BCUT2D eigenvalue weighted by atomic mass is 10.0. The average Bonchev–Trinajstić information content (AvgIpc) is 2.43. The first-order valence-electron chi connectivity index (χ1n) is 7.85. The Bertz CT molecular complexity index is 413. The Morgan fingerprint density at radius 1 is 1.24 bits per heavy atom. The molecule has 0 radical (unpaired) electrons. The number of hydrogen-bond donors (Lipinski definition) is 1. The van der Waals surface area contributed by atoms with Crippen LogP contribution in [-0.2, 0) is 9.47 Å². The van der Waals surface area contributed by atoms with E-state index in [0.717, 1.165) is 30.4 Å². The van der Waals surface area contributed by atoms with Gasteiger partial charge in [-0.15, -0.1) is 0 Å². The van der Waals surface area contributed by atoms with E-state index in [0.29, 0.717) is 0 Å². The molecule has 2 rings (SSSR count). The average molecular weight is 356 g/mol. The van der Waals surface area contributed by atoms with Crippen molar-refractivity contribution in [3.63, 3.8) is 0 Å². The van der Waals surface area contributed by atoms with Gasteiger partial charge in [0.15, 0.2) is 0 Å². The third-order valence-electron chi connectivity index (χ3n) is 3.83. The SMILES string of the molecule is CCNCC(OC1CC(C)OC(C)C1)c1ccc(Br)cc1. The Balaban J connectivity index is 2.03. The van der Waals surface area contributed by atoms with Crippen LogP contribution in [0.3, 0.4) is 0 Å². The fraction of sp³-hybridized carbons (Fsp3) is 0.647. The molecule has 0 aliphatic carbocycles. The van der Waals surface area contributed by atoms with E-state index in [9.17, 15) is 0 Å². The van der Waals surface area contributed by atoms with Crippen LogP contribution in [0.5, 0.6) is 0 Å². The molecule has 118 valence electrons. The molecule has 1 fully saturated rings. The number of ether oxygens (including phenoxy) is 2. The molecule has 3 atom stereocenters. The van der Waals surface area contributed by atoms with Crippen molar-refractivity contribution < 1.29 is 9.47 Å². The van der Waals surface area contributed by atoms with Gasteiger partial charge in [0.25, 0.3) is 0 Å². The summed E-state index contributed by atoms with van der Waals surface area (Å²) < 4.78 is 13.3. The molecule has 0 aromatic heterocycles. The molecule has 1 aromatic rings. The summed E-state index contributed by atoms with van der Waals surface area (Å²) in [5.74, 6) is 0. The van der Waals surface area contributed by atoms with Gasteiger partial charge in [-0.3, -0.25) is 0 Å². The highest BCUT2D eigenvalue weighted by atomic mass is 79.9. The van der Waals surface area contributed by atoms with Gasteiger partial charge in [-0.05, 0) is 50.9 Å². The van der Waals surface area contributed by atoms with E-state index >= 15 is 0 Å². The van der Waals surface area contributed by atoms with Gasteiger partial charge in [-0.2, -0.15) is 0 Å². The predicted molar refractivity (Wildman–Crippen MR) is 89.5 cm³/mol. The summed E-state index contributed by atoms with van der Waals surface area (Å²) in [7, 11) is 0. The monoisotopic (exact) mass is 355 g/mol. The zero-order valence-electron chi connectivity index (χ0n) is 13.1. The highest BCUT2D eigenvalue weighted by Crippen LogP contribution is 2.28. The second kappa shape index (κ2) is 8.28. The minimum absolute atomic E-state index is 0.0977. The Hall–Kier alpha value is -0.420.